The van der Waals surface area contributed by atoms with Gasteiger partial charge in [0, 0.05) is 28.6 Å². The van der Waals surface area contributed by atoms with Crippen LogP contribution >= 0.6 is 15.9 Å². The predicted octanol–water partition coefficient (Wildman–Crippen LogP) is 7.11. The molecular formula is C26H27BrF5N3O. The van der Waals surface area contributed by atoms with E-state index in [2.05, 4.69) is 21.0 Å². The van der Waals surface area contributed by atoms with E-state index in [0.717, 1.165) is 31.4 Å². The van der Waals surface area contributed by atoms with Crippen LogP contribution in [0.3, 0.4) is 0 Å². The fraction of sp³-hybridized carbons (Fsp3) is 0.500. The molecule has 3 atom stereocenters. The lowest BCUT2D eigenvalue weighted by Crippen LogP contribution is -2.52. The van der Waals surface area contributed by atoms with Gasteiger partial charge in [0.25, 0.3) is 6.43 Å². The van der Waals surface area contributed by atoms with Crippen molar-refractivity contribution in [1.82, 2.24) is 14.7 Å². The molecule has 0 amide bonds. The molecule has 0 spiro atoms. The number of hydrogen-bond acceptors (Lipinski definition) is 3. The molecule has 1 unspecified atom stereocenters. The third-order valence-corrected chi connectivity index (χ3v) is 7.45. The standard InChI is InChI=1S/C26H27BrF5N3O/c1-26(2,32)13-34-21(25(30)31)11-16-15(24(34)23-18(28)9-14(27)10-19(23)29)6-7-20-17(16)12-33-35(20)22-5-3-4-8-36-22/h6-7,9-10,12,21-22,24-25H,3-5,8,11,13H2,1-2H3/t21-,22?,24-/m0/s1. The Labute approximate surface area is 214 Å². The Morgan fingerprint density at radius 3 is 2.50 bits per heavy atom. The second-order valence-corrected chi connectivity index (χ2v) is 11.1. The van der Waals surface area contributed by atoms with E-state index in [1.54, 1.807) is 23.0 Å². The summed E-state index contributed by atoms with van der Waals surface area (Å²) in [4.78, 5) is 1.21. The smallest absolute Gasteiger partial charge is 0.254 e. The van der Waals surface area contributed by atoms with Crippen LogP contribution in [0.4, 0.5) is 22.0 Å². The summed E-state index contributed by atoms with van der Waals surface area (Å²) < 4.78 is 82.2. The first kappa shape index (κ1) is 25.6. The zero-order chi connectivity index (χ0) is 25.8. The van der Waals surface area contributed by atoms with Gasteiger partial charge in [0.2, 0.25) is 0 Å². The Morgan fingerprint density at radius 1 is 1.17 bits per heavy atom. The minimum absolute atomic E-state index is 0.103. The monoisotopic (exact) mass is 571 g/mol. The molecule has 1 fully saturated rings. The average molecular weight is 572 g/mol. The van der Waals surface area contributed by atoms with Crippen molar-refractivity contribution in [3.63, 3.8) is 0 Å². The molecule has 4 nitrogen and oxygen atoms in total. The predicted molar refractivity (Wildman–Crippen MR) is 130 cm³/mol. The van der Waals surface area contributed by atoms with Gasteiger partial charge in [0.1, 0.15) is 17.3 Å². The highest BCUT2D eigenvalue weighted by Gasteiger charge is 2.44. The fourth-order valence-electron chi connectivity index (χ4n) is 5.53. The fourth-order valence-corrected chi connectivity index (χ4v) is 5.94. The van der Waals surface area contributed by atoms with Crippen molar-refractivity contribution < 1.29 is 26.7 Å². The first-order valence-electron chi connectivity index (χ1n) is 12.0. The number of hydrogen-bond donors (Lipinski definition) is 0. The maximum atomic E-state index is 15.3. The molecule has 3 heterocycles. The summed E-state index contributed by atoms with van der Waals surface area (Å²) in [5.41, 5.74) is -0.536. The first-order chi connectivity index (χ1) is 17.0. The van der Waals surface area contributed by atoms with Gasteiger partial charge in [-0.15, -0.1) is 0 Å². The average Bonchev–Trinajstić information content (AvgIpc) is 3.23. The second kappa shape index (κ2) is 9.68. The highest BCUT2D eigenvalue weighted by molar-refractivity contribution is 9.10. The number of aromatic nitrogens is 2. The lowest BCUT2D eigenvalue weighted by atomic mass is 9.82. The summed E-state index contributed by atoms with van der Waals surface area (Å²) in [6.45, 7) is 2.73. The third kappa shape index (κ3) is 4.67. The maximum Gasteiger partial charge on any atom is 0.254 e. The lowest BCUT2D eigenvalue weighted by Gasteiger charge is -2.45. The molecular weight excluding hydrogens is 545 g/mol. The van der Waals surface area contributed by atoms with Crippen molar-refractivity contribution in [3.8, 4) is 0 Å². The largest absolute Gasteiger partial charge is 0.356 e. The van der Waals surface area contributed by atoms with Gasteiger partial charge in [0.15, 0.2) is 6.23 Å². The van der Waals surface area contributed by atoms with Gasteiger partial charge in [-0.05, 0) is 68.9 Å². The van der Waals surface area contributed by atoms with Crippen molar-refractivity contribution in [1.29, 1.82) is 0 Å². The normalized spacial score (nSPS) is 23.4. The van der Waals surface area contributed by atoms with E-state index in [9.17, 15) is 13.2 Å². The number of alkyl halides is 3. The van der Waals surface area contributed by atoms with Crippen LogP contribution in [-0.2, 0) is 11.2 Å². The number of ether oxygens (including phenoxy) is 1. The van der Waals surface area contributed by atoms with Gasteiger partial charge in [-0.1, -0.05) is 22.0 Å². The topological polar surface area (TPSA) is 30.3 Å². The molecule has 0 aliphatic carbocycles. The molecule has 194 valence electrons. The summed E-state index contributed by atoms with van der Waals surface area (Å²) in [7, 11) is 0. The number of nitrogens with zero attached hydrogens (tertiary/aromatic N) is 3. The summed E-state index contributed by atoms with van der Waals surface area (Å²) >= 11 is 3.08. The van der Waals surface area contributed by atoms with Crippen LogP contribution in [0.1, 0.15) is 62.1 Å². The molecule has 1 saturated heterocycles. The molecule has 1 aromatic heterocycles. The van der Waals surface area contributed by atoms with Crippen molar-refractivity contribution in [2.24, 2.45) is 0 Å². The quantitative estimate of drug-likeness (QED) is 0.306. The van der Waals surface area contributed by atoms with E-state index >= 15 is 8.78 Å². The van der Waals surface area contributed by atoms with E-state index in [-0.39, 0.29) is 22.7 Å². The minimum atomic E-state index is -2.86. The maximum absolute atomic E-state index is 15.3. The van der Waals surface area contributed by atoms with Crippen LogP contribution in [0.5, 0.6) is 0 Å². The molecule has 10 heteroatoms. The molecule has 0 radical (unpaired) electrons. The van der Waals surface area contributed by atoms with Crippen LogP contribution in [-0.4, -0.2) is 46.0 Å². The summed E-state index contributed by atoms with van der Waals surface area (Å²) in [5.74, 6) is -1.78. The van der Waals surface area contributed by atoms with Crippen molar-refractivity contribution in [2.45, 2.75) is 69.9 Å². The molecule has 36 heavy (non-hydrogen) atoms. The molecule has 2 aliphatic rings. The summed E-state index contributed by atoms with van der Waals surface area (Å²) in [6, 6.07) is 2.99. The SMILES string of the molecule is CC(C)(F)CN1[C@H](c2c(F)cc(Br)cc2F)c2ccc3c(cnn3C3CCCCO3)c2C[C@H]1C(F)F. The van der Waals surface area contributed by atoms with E-state index in [0.29, 0.717) is 28.6 Å². The minimum Gasteiger partial charge on any atom is -0.356 e. The van der Waals surface area contributed by atoms with Crippen molar-refractivity contribution >= 4 is 26.8 Å². The zero-order valence-corrected chi connectivity index (χ0v) is 21.5. The van der Waals surface area contributed by atoms with Gasteiger partial charge in [0.05, 0.1) is 23.8 Å². The molecule has 0 N–H and O–H groups in total. The second-order valence-electron chi connectivity index (χ2n) is 10.2. The van der Waals surface area contributed by atoms with Gasteiger partial charge in [-0.25, -0.2) is 26.6 Å². The van der Waals surface area contributed by atoms with Crippen molar-refractivity contribution in [3.05, 3.63) is 63.3 Å². The van der Waals surface area contributed by atoms with Crippen LogP contribution < -0.4 is 0 Å². The van der Waals surface area contributed by atoms with E-state index in [1.807, 2.05) is 0 Å². The van der Waals surface area contributed by atoms with Crippen LogP contribution in [0.15, 0.2) is 34.9 Å². The summed E-state index contributed by atoms with van der Waals surface area (Å²) in [5, 5.41) is 5.13. The van der Waals surface area contributed by atoms with Crippen LogP contribution in [0.2, 0.25) is 0 Å². The highest BCUT2D eigenvalue weighted by atomic mass is 79.9. The number of halogens is 6. The van der Waals surface area contributed by atoms with E-state index in [4.69, 9.17) is 4.74 Å². The summed E-state index contributed by atoms with van der Waals surface area (Å²) in [6.07, 6.45) is 1.12. The Kier molecular flexibility index (Phi) is 6.89. The van der Waals surface area contributed by atoms with E-state index < -0.39 is 42.4 Å². The molecule has 3 aromatic rings. The van der Waals surface area contributed by atoms with Crippen molar-refractivity contribution in [2.75, 3.05) is 13.2 Å². The lowest BCUT2D eigenvalue weighted by molar-refractivity contribution is -0.0367. The Bertz CT molecular complexity index is 1250. The zero-order valence-electron chi connectivity index (χ0n) is 20.0. The number of rotatable bonds is 5. The van der Waals surface area contributed by atoms with E-state index in [1.165, 1.54) is 18.7 Å². The Morgan fingerprint density at radius 2 is 1.89 bits per heavy atom. The van der Waals surface area contributed by atoms with Gasteiger partial charge >= 0.3 is 0 Å². The Hall–Kier alpha value is -2.04. The molecule has 2 aliphatic heterocycles. The van der Waals surface area contributed by atoms with Gasteiger partial charge in [-0.3, -0.25) is 4.90 Å². The first-order valence-corrected chi connectivity index (χ1v) is 12.8. The molecule has 5 rings (SSSR count). The number of benzene rings is 2. The highest BCUT2D eigenvalue weighted by Crippen LogP contribution is 2.45. The number of fused-ring (bicyclic) bond motifs is 3. The third-order valence-electron chi connectivity index (χ3n) is 6.99. The molecule has 2 aromatic carbocycles. The Balaban J connectivity index is 1.72. The van der Waals surface area contributed by atoms with Gasteiger partial charge < -0.3 is 4.74 Å². The van der Waals surface area contributed by atoms with Crippen LogP contribution in [0.25, 0.3) is 10.9 Å². The molecule has 0 saturated carbocycles. The van der Waals surface area contributed by atoms with Gasteiger partial charge in [-0.2, -0.15) is 5.10 Å². The molecule has 0 bridgehead atoms. The van der Waals surface area contributed by atoms with Crippen LogP contribution in [0, 0.1) is 11.6 Å².